The molecule has 0 spiro atoms. The number of benzene rings is 2. The van der Waals surface area contributed by atoms with Gasteiger partial charge in [-0.05, 0) is 47.9 Å². The summed E-state index contributed by atoms with van der Waals surface area (Å²) in [4.78, 5) is 0. The average Bonchev–Trinajstić information content (AvgIpc) is 3.22. The number of rotatable bonds is 5. The van der Waals surface area contributed by atoms with Crippen molar-refractivity contribution in [2.45, 2.75) is 39.0 Å². The van der Waals surface area contributed by atoms with E-state index in [4.69, 9.17) is 4.74 Å². The van der Waals surface area contributed by atoms with Crippen LogP contribution in [0.2, 0.25) is 0 Å². The molecule has 0 heterocycles. The lowest BCUT2D eigenvalue weighted by Gasteiger charge is -2.31. The zero-order chi connectivity index (χ0) is 17.5. The van der Waals surface area contributed by atoms with Crippen molar-refractivity contribution in [3.8, 4) is 5.75 Å². The highest BCUT2D eigenvalue weighted by Gasteiger charge is 2.45. The topological polar surface area (TPSA) is 9.23 Å². The van der Waals surface area contributed by atoms with Gasteiger partial charge in [-0.1, -0.05) is 75.4 Å². The molecule has 2 aliphatic rings. The van der Waals surface area contributed by atoms with Crippen LogP contribution in [0.3, 0.4) is 0 Å². The molecule has 2 aromatic rings. The van der Waals surface area contributed by atoms with E-state index in [9.17, 15) is 0 Å². The number of hydrogen-bond donors (Lipinski definition) is 0. The number of fused-ring (bicyclic) bond motifs is 2. The van der Waals surface area contributed by atoms with Crippen LogP contribution in [0.1, 0.15) is 44.7 Å². The van der Waals surface area contributed by atoms with Crippen LogP contribution < -0.4 is 4.74 Å². The van der Waals surface area contributed by atoms with E-state index in [1.165, 1.54) is 24.0 Å². The molecular weight excluding hydrogens is 304 g/mol. The molecule has 1 heteroatoms. The Kier molecular flexibility index (Phi) is 3.98. The Morgan fingerprint density at radius 3 is 2.24 bits per heavy atom. The highest BCUT2D eigenvalue weighted by molar-refractivity contribution is 5.39. The molecule has 2 aliphatic carbocycles. The van der Waals surface area contributed by atoms with Crippen molar-refractivity contribution in [3.05, 3.63) is 77.9 Å². The number of ether oxygens (including phenoxy) is 1. The summed E-state index contributed by atoms with van der Waals surface area (Å²) < 4.78 is 6.19. The van der Waals surface area contributed by atoms with Gasteiger partial charge in [0.2, 0.25) is 0 Å². The van der Waals surface area contributed by atoms with Gasteiger partial charge in [-0.15, -0.1) is 0 Å². The summed E-state index contributed by atoms with van der Waals surface area (Å²) in [6, 6.07) is 19.4. The van der Waals surface area contributed by atoms with E-state index >= 15 is 0 Å². The molecule has 2 aromatic carbocycles. The van der Waals surface area contributed by atoms with Crippen molar-refractivity contribution in [3.63, 3.8) is 0 Å². The molecule has 0 N–H and O–H groups in total. The van der Waals surface area contributed by atoms with Crippen LogP contribution in [-0.4, -0.2) is 6.61 Å². The van der Waals surface area contributed by atoms with Gasteiger partial charge < -0.3 is 4.74 Å². The molecule has 1 saturated carbocycles. The maximum absolute atomic E-state index is 6.19. The molecule has 130 valence electrons. The maximum Gasteiger partial charge on any atom is 0.119 e. The second kappa shape index (κ2) is 6.05. The molecule has 0 amide bonds. The molecule has 2 bridgehead atoms. The highest BCUT2D eigenvalue weighted by atomic mass is 16.5. The van der Waals surface area contributed by atoms with Crippen LogP contribution in [0, 0.1) is 17.3 Å². The van der Waals surface area contributed by atoms with E-state index < -0.39 is 0 Å². The molecule has 0 radical (unpaired) electrons. The first-order chi connectivity index (χ1) is 12.0. The largest absolute Gasteiger partial charge is 0.493 e. The van der Waals surface area contributed by atoms with Gasteiger partial charge in [-0.3, -0.25) is 0 Å². The minimum atomic E-state index is 0.00116. The van der Waals surface area contributed by atoms with Crippen LogP contribution in [0.5, 0.6) is 5.75 Å². The lowest BCUT2D eigenvalue weighted by Crippen LogP contribution is -2.29. The van der Waals surface area contributed by atoms with Crippen molar-refractivity contribution in [2.24, 2.45) is 17.3 Å². The van der Waals surface area contributed by atoms with Crippen molar-refractivity contribution in [2.75, 3.05) is 6.61 Å². The first-order valence-electron chi connectivity index (χ1n) is 9.45. The van der Waals surface area contributed by atoms with Gasteiger partial charge >= 0.3 is 0 Å². The Labute approximate surface area is 151 Å². The Hall–Kier alpha value is -2.02. The lowest BCUT2D eigenvalue weighted by atomic mass is 9.78. The first-order valence-corrected chi connectivity index (χ1v) is 9.45. The van der Waals surface area contributed by atoms with Crippen LogP contribution in [0.25, 0.3) is 0 Å². The lowest BCUT2D eigenvalue weighted by molar-refractivity contribution is 0.134. The molecule has 3 unspecified atom stereocenters. The van der Waals surface area contributed by atoms with E-state index in [0.717, 1.165) is 18.3 Å². The smallest absolute Gasteiger partial charge is 0.119 e. The van der Waals surface area contributed by atoms with E-state index in [1.807, 2.05) is 0 Å². The van der Waals surface area contributed by atoms with Gasteiger partial charge in [0.1, 0.15) is 5.75 Å². The van der Waals surface area contributed by atoms with Gasteiger partial charge in [0, 0.05) is 10.8 Å². The fraction of sp³-hybridized carbons (Fsp3) is 0.417. The van der Waals surface area contributed by atoms with E-state index in [0.29, 0.717) is 11.3 Å². The molecule has 0 saturated heterocycles. The fourth-order valence-corrected chi connectivity index (χ4v) is 4.60. The quantitative estimate of drug-likeness (QED) is 0.611. The van der Waals surface area contributed by atoms with Gasteiger partial charge in [0.15, 0.2) is 0 Å². The zero-order valence-corrected chi connectivity index (χ0v) is 15.5. The number of hydrogen-bond acceptors (Lipinski definition) is 1. The second-order valence-corrected chi connectivity index (χ2v) is 8.65. The third-order valence-electron chi connectivity index (χ3n) is 6.44. The minimum Gasteiger partial charge on any atom is -0.493 e. The third-order valence-corrected chi connectivity index (χ3v) is 6.44. The van der Waals surface area contributed by atoms with Crippen molar-refractivity contribution in [1.82, 2.24) is 0 Å². The SMILES string of the molecule is CC(C)(c1ccccc1)c1ccc(OCC2(C)CC3C=CC2C3)cc1. The van der Waals surface area contributed by atoms with E-state index in [1.54, 1.807) is 0 Å². The number of allylic oxidation sites excluding steroid dienone is 2. The van der Waals surface area contributed by atoms with Gasteiger partial charge in [0.05, 0.1) is 6.61 Å². The first kappa shape index (κ1) is 16.4. The van der Waals surface area contributed by atoms with Crippen LogP contribution in [-0.2, 0) is 5.41 Å². The van der Waals surface area contributed by atoms with Crippen molar-refractivity contribution < 1.29 is 4.74 Å². The highest BCUT2D eigenvalue weighted by Crippen LogP contribution is 2.51. The molecule has 4 rings (SSSR count). The van der Waals surface area contributed by atoms with Gasteiger partial charge in [-0.25, -0.2) is 0 Å². The summed E-state index contributed by atoms with van der Waals surface area (Å²) in [5, 5.41) is 0. The van der Waals surface area contributed by atoms with Crippen LogP contribution in [0.15, 0.2) is 66.7 Å². The Bertz CT molecular complexity index is 756. The third kappa shape index (κ3) is 3.01. The molecule has 0 aliphatic heterocycles. The summed E-state index contributed by atoms with van der Waals surface area (Å²) in [5.74, 6) is 2.47. The van der Waals surface area contributed by atoms with Crippen molar-refractivity contribution in [1.29, 1.82) is 0 Å². The van der Waals surface area contributed by atoms with Crippen LogP contribution >= 0.6 is 0 Å². The molecular formula is C24H28O. The average molecular weight is 332 g/mol. The predicted molar refractivity (Wildman–Crippen MR) is 104 cm³/mol. The maximum atomic E-state index is 6.19. The van der Waals surface area contributed by atoms with Gasteiger partial charge in [-0.2, -0.15) is 0 Å². The Morgan fingerprint density at radius 1 is 0.960 bits per heavy atom. The van der Waals surface area contributed by atoms with E-state index in [-0.39, 0.29) is 5.41 Å². The van der Waals surface area contributed by atoms with Crippen molar-refractivity contribution >= 4 is 0 Å². The second-order valence-electron chi connectivity index (χ2n) is 8.65. The fourth-order valence-electron chi connectivity index (χ4n) is 4.60. The van der Waals surface area contributed by atoms with Gasteiger partial charge in [0.25, 0.3) is 0 Å². The summed E-state index contributed by atoms with van der Waals surface area (Å²) in [7, 11) is 0. The predicted octanol–water partition coefficient (Wildman–Crippen LogP) is 5.99. The summed E-state index contributed by atoms with van der Waals surface area (Å²) >= 11 is 0. The Morgan fingerprint density at radius 2 is 1.64 bits per heavy atom. The zero-order valence-electron chi connectivity index (χ0n) is 15.5. The normalized spacial score (nSPS) is 27.6. The summed E-state index contributed by atoms with van der Waals surface area (Å²) in [6.45, 7) is 7.76. The molecule has 1 nitrogen and oxygen atoms in total. The molecule has 0 aromatic heterocycles. The van der Waals surface area contributed by atoms with E-state index in [2.05, 4.69) is 87.5 Å². The summed E-state index contributed by atoms with van der Waals surface area (Å²) in [5.41, 5.74) is 2.97. The summed E-state index contributed by atoms with van der Waals surface area (Å²) in [6.07, 6.45) is 7.40. The van der Waals surface area contributed by atoms with Crippen LogP contribution in [0.4, 0.5) is 0 Å². The molecule has 25 heavy (non-hydrogen) atoms. The monoisotopic (exact) mass is 332 g/mol. The Balaban J connectivity index is 1.45. The molecule has 3 atom stereocenters. The minimum absolute atomic E-state index is 0.00116. The standard InChI is InChI=1S/C24H28O/c1-23(2,19-7-5-4-6-8-19)20-11-13-22(14-12-20)25-17-24(3)16-18-9-10-21(24)15-18/h4-14,18,21H,15-17H2,1-3H3. The molecule has 1 fully saturated rings.